The first-order chi connectivity index (χ1) is 13.1. The Labute approximate surface area is 165 Å². The highest BCUT2D eigenvalue weighted by Crippen LogP contribution is 2.31. The second-order valence-electron chi connectivity index (χ2n) is 5.71. The van der Waals surface area contributed by atoms with Gasteiger partial charge in [0.25, 0.3) is 0 Å². The summed E-state index contributed by atoms with van der Waals surface area (Å²) < 4.78 is 11.6. The van der Waals surface area contributed by atoms with Gasteiger partial charge in [-0.2, -0.15) is 4.98 Å². The van der Waals surface area contributed by atoms with Crippen molar-refractivity contribution in [2.45, 2.75) is 12.8 Å². The number of nitrogens with zero attached hydrogens (tertiary/aromatic N) is 2. The quantitative estimate of drug-likeness (QED) is 0.594. The monoisotopic (exact) mass is 430 g/mol. The lowest BCUT2D eigenvalue weighted by molar-refractivity contribution is -0.116. The molecule has 0 fully saturated rings. The highest BCUT2D eigenvalue weighted by atomic mass is 79.9. The molecule has 2 aromatic carbocycles. The van der Waals surface area contributed by atoms with E-state index in [9.17, 15) is 4.79 Å². The SMILES string of the molecule is COc1ccc(-c2nc(NC(=O)CCc3ccccc3Br)n[nH]2)c(OC)c1. The zero-order valence-corrected chi connectivity index (χ0v) is 16.5. The number of aromatic amines is 1. The number of methoxy groups -OCH3 is 2. The van der Waals surface area contributed by atoms with Gasteiger partial charge in [-0.1, -0.05) is 34.1 Å². The van der Waals surface area contributed by atoms with Crippen molar-refractivity contribution in [1.82, 2.24) is 15.2 Å². The summed E-state index contributed by atoms with van der Waals surface area (Å²) in [7, 11) is 3.16. The molecule has 140 valence electrons. The number of ether oxygens (including phenoxy) is 2. The van der Waals surface area contributed by atoms with Crippen molar-refractivity contribution in [3.63, 3.8) is 0 Å². The summed E-state index contributed by atoms with van der Waals surface area (Å²) in [6.07, 6.45) is 0.954. The predicted octanol–water partition coefficient (Wildman–Crippen LogP) is 3.82. The van der Waals surface area contributed by atoms with Crippen LogP contribution in [0.4, 0.5) is 5.95 Å². The van der Waals surface area contributed by atoms with Crippen LogP contribution in [0.25, 0.3) is 11.4 Å². The summed E-state index contributed by atoms with van der Waals surface area (Å²) in [6, 6.07) is 13.2. The van der Waals surface area contributed by atoms with Crippen LogP contribution in [0.1, 0.15) is 12.0 Å². The van der Waals surface area contributed by atoms with Crippen LogP contribution in [0.15, 0.2) is 46.9 Å². The summed E-state index contributed by atoms with van der Waals surface area (Å²) in [5.74, 6) is 1.83. The molecule has 0 aliphatic heterocycles. The minimum atomic E-state index is -0.155. The fraction of sp³-hybridized carbons (Fsp3) is 0.211. The largest absolute Gasteiger partial charge is 0.497 e. The Kier molecular flexibility index (Phi) is 6.08. The zero-order chi connectivity index (χ0) is 19.2. The maximum atomic E-state index is 12.2. The number of anilines is 1. The van der Waals surface area contributed by atoms with Gasteiger partial charge in [-0.25, -0.2) is 0 Å². The van der Waals surface area contributed by atoms with Crippen molar-refractivity contribution in [2.75, 3.05) is 19.5 Å². The van der Waals surface area contributed by atoms with E-state index in [1.165, 1.54) is 0 Å². The predicted molar refractivity (Wildman–Crippen MR) is 106 cm³/mol. The Morgan fingerprint density at radius 3 is 2.74 bits per heavy atom. The van der Waals surface area contributed by atoms with Crippen molar-refractivity contribution in [3.8, 4) is 22.9 Å². The van der Waals surface area contributed by atoms with E-state index in [4.69, 9.17) is 9.47 Å². The summed E-state index contributed by atoms with van der Waals surface area (Å²) in [6.45, 7) is 0. The Balaban J connectivity index is 1.66. The van der Waals surface area contributed by atoms with Crippen LogP contribution in [0, 0.1) is 0 Å². The normalized spacial score (nSPS) is 10.5. The van der Waals surface area contributed by atoms with Gasteiger partial charge < -0.3 is 9.47 Å². The number of carbonyl (C=O) groups excluding carboxylic acids is 1. The topological polar surface area (TPSA) is 89.1 Å². The van der Waals surface area contributed by atoms with Crippen molar-refractivity contribution in [3.05, 3.63) is 52.5 Å². The molecule has 0 aliphatic carbocycles. The molecule has 0 spiro atoms. The molecule has 8 heteroatoms. The Morgan fingerprint density at radius 2 is 2.00 bits per heavy atom. The van der Waals surface area contributed by atoms with Gasteiger partial charge >= 0.3 is 0 Å². The van der Waals surface area contributed by atoms with Crippen molar-refractivity contribution >= 4 is 27.8 Å². The van der Waals surface area contributed by atoms with Gasteiger partial charge in [0.05, 0.1) is 19.8 Å². The van der Waals surface area contributed by atoms with Gasteiger partial charge in [-0.3, -0.25) is 15.2 Å². The van der Waals surface area contributed by atoms with Gasteiger partial charge in [0, 0.05) is 17.0 Å². The molecule has 0 aliphatic rings. The number of hydrogen-bond acceptors (Lipinski definition) is 5. The van der Waals surface area contributed by atoms with E-state index in [1.54, 1.807) is 26.4 Å². The van der Waals surface area contributed by atoms with Gasteiger partial charge in [0.15, 0.2) is 5.82 Å². The second kappa shape index (κ2) is 8.68. The van der Waals surface area contributed by atoms with E-state index in [2.05, 4.69) is 36.4 Å². The van der Waals surface area contributed by atoms with E-state index >= 15 is 0 Å². The lowest BCUT2D eigenvalue weighted by atomic mass is 10.1. The first-order valence-corrected chi connectivity index (χ1v) is 9.08. The van der Waals surface area contributed by atoms with Crippen molar-refractivity contribution < 1.29 is 14.3 Å². The zero-order valence-electron chi connectivity index (χ0n) is 15.0. The van der Waals surface area contributed by atoms with Gasteiger partial charge in [-0.15, -0.1) is 5.10 Å². The number of aryl methyl sites for hydroxylation is 1. The summed E-state index contributed by atoms with van der Waals surface area (Å²) in [5.41, 5.74) is 1.80. The molecule has 27 heavy (non-hydrogen) atoms. The third kappa shape index (κ3) is 4.65. The highest BCUT2D eigenvalue weighted by molar-refractivity contribution is 9.10. The minimum Gasteiger partial charge on any atom is -0.497 e. The van der Waals surface area contributed by atoms with Crippen LogP contribution in [-0.2, 0) is 11.2 Å². The summed E-state index contributed by atoms with van der Waals surface area (Å²) >= 11 is 3.48. The van der Waals surface area contributed by atoms with Gasteiger partial charge in [0.1, 0.15) is 11.5 Å². The van der Waals surface area contributed by atoms with Crippen LogP contribution >= 0.6 is 15.9 Å². The summed E-state index contributed by atoms with van der Waals surface area (Å²) in [4.78, 5) is 16.5. The molecule has 0 unspecified atom stereocenters. The molecule has 0 bridgehead atoms. The molecule has 1 amide bonds. The van der Waals surface area contributed by atoms with Crippen molar-refractivity contribution in [2.24, 2.45) is 0 Å². The van der Waals surface area contributed by atoms with E-state index in [1.807, 2.05) is 30.3 Å². The molecule has 7 nitrogen and oxygen atoms in total. The molecule has 3 rings (SSSR count). The van der Waals surface area contributed by atoms with Crippen LogP contribution in [0.2, 0.25) is 0 Å². The number of nitrogens with one attached hydrogen (secondary N) is 2. The molecular weight excluding hydrogens is 412 g/mol. The lowest BCUT2D eigenvalue weighted by Gasteiger charge is -2.07. The number of halogens is 1. The average Bonchev–Trinajstić information content (AvgIpc) is 3.15. The van der Waals surface area contributed by atoms with Crippen LogP contribution < -0.4 is 14.8 Å². The van der Waals surface area contributed by atoms with E-state index in [-0.39, 0.29) is 11.9 Å². The Hall–Kier alpha value is -2.87. The van der Waals surface area contributed by atoms with Gasteiger partial charge in [-0.05, 0) is 30.2 Å². The first kappa shape index (κ1) is 18.9. The molecule has 1 aromatic heterocycles. The Morgan fingerprint density at radius 1 is 1.19 bits per heavy atom. The molecule has 3 aromatic rings. The molecular formula is C19H19BrN4O3. The van der Waals surface area contributed by atoms with E-state index in [0.29, 0.717) is 30.2 Å². The average molecular weight is 431 g/mol. The number of carbonyl (C=O) groups is 1. The van der Waals surface area contributed by atoms with Crippen LogP contribution in [-0.4, -0.2) is 35.3 Å². The molecule has 0 atom stereocenters. The van der Waals surface area contributed by atoms with Crippen molar-refractivity contribution in [1.29, 1.82) is 0 Å². The maximum absolute atomic E-state index is 12.2. The van der Waals surface area contributed by atoms with E-state index in [0.717, 1.165) is 15.6 Å². The number of aromatic nitrogens is 3. The molecule has 0 saturated carbocycles. The second-order valence-corrected chi connectivity index (χ2v) is 6.57. The molecule has 0 radical (unpaired) electrons. The number of benzene rings is 2. The number of rotatable bonds is 7. The number of amides is 1. The molecule has 1 heterocycles. The standard InChI is InChI=1S/C19H19BrN4O3/c1-26-13-8-9-14(16(11-13)27-2)18-22-19(24-23-18)21-17(25)10-7-12-5-3-4-6-15(12)20/h3-6,8-9,11H,7,10H2,1-2H3,(H2,21,22,23,24,25). The summed E-state index contributed by atoms with van der Waals surface area (Å²) in [5, 5.41) is 9.59. The lowest BCUT2D eigenvalue weighted by Crippen LogP contribution is -2.13. The van der Waals surface area contributed by atoms with Crippen LogP contribution in [0.3, 0.4) is 0 Å². The third-order valence-corrected chi connectivity index (χ3v) is 4.75. The maximum Gasteiger partial charge on any atom is 0.249 e. The molecule has 2 N–H and O–H groups in total. The fourth-order valence-corrected chi connectivity index (χ4v) is 3.05. The molecule has 0 saturated heterocycles. The first-order valence-electron chi connectivity index (χ1n) is 8.28. The number of H-pyrrole nitrogens is 1. The smallest absolute Gasteiger partial charge is 0.249 e. The van der Waals surface area contributed by atoms with Crippen LogP contribution in [0.5, 0.6) is 11.5 Å². The van der Waals surface area contributed by atoms with Gasteiger partial charge in [0.2, 0.25) is 11.9 Å². The Bertz CT molecular complexity index is 942. The number of hydrogen-bond donors (Lipinski definition) is 2. The highest BCUT2D eigenvalue weighted by Gasteiger charge is 2.14. The fourth-order valence-electron chi connectivity index (χ4n) is 2.57. The van der Waals surface area contributed by atoms with E-state index < -0.39 is 0 Å². The third-order valence-electron chi connectivity index (χ3n) is 3.98. The minimum absolute atomic E-state index is 0.155.